The maximum Gasteiger partial charge on any atom is 0.220 e. The van der Waals surface area contributed by atoms with Gasteiger partial charge in [0, 0.05) is 17.1 Å². The summed E-state index contributed by atoms with van der Waals surface area (Å²) in [6, 6.07) is 3.42. The highest BCUT2D eigenvalue weighted by Gasteiger charge is 2.11. The lowest BCUT2D eigenvalue weighted by molar-refractivity contribution is -0.118. The van der Waals surface area contributed by atoms with Gasteiger partial charge in [-0.2, -0.15) is 0 Å². The number of nitrogens with two attached hydrogens (primary N) is 1. The fraction of sp³-hybridized carbons (Fsp3) is 0.462. The van der Waals surface area contributed by atoms with Crippen molar-refractivity contribution in [2.24, 2.45) is 5.73 Å². The summed E-state index contributed by atoms with van der Waals surface area (Å²) in [5, 5.41) is 4.25. The number of carbonyl (C=O) groups excluding carboxylic acids is 1. The third-order valence-corrected chi connectivity index (χ3v) is 2.92. The number of primary amides is 1. The molecule has 1 rings (SSSR count). The van der Waals surface area contributed by atoms with Crippen LogP contribution < -0.4 is 15.8 Å². The molecule has 0 atom stereocenters. The number of halogens is 2. The van der Waals surface area contributed by atoms with Crippen LogP contribution in [-0.4, -0.2) is 19.1 Å². The molecule has 0 heterocycles. The Labute approximate surface area is 123 Å². The lowest BCUT2D eigenvalue weighted by atomic mass is 10.2. The molecular formula is C13H18Cl2N2O2. The number of rotatable bonds is 8. The van der Waals surface area contributed by atoms with Crippen LogP contribution >= 0.6 is 23.2 Å². The van der Waals surface area contributed by atoms with Crippen LogP contribution in [0.5, 0.6) is 5.75 Å². The van der Waals surface area contributed by atoms with E-state index in [0.717, 1.165) is 18.5 Å². The zero-order valence-corrected chi connectivity index (χ0v) is 12.4. The molecule has 0 saturated carbocycles. The fourth-order valence-electron chi connectivity index (χ4n) is 1.56. The molecule has 0 fully saturated rings. The summed E-state index contributed by atoms with van der Waals surface area (Å²) < 4.78 is 5.53. The average molecular weight is 305 g/mol. The SMILES string of the molecule is CCCNCc1cc(Cl)cc(Cl)c1OCCC(N)=O. The van der Waals surface area contributed by atoms with Crippen LogP contribution in [0.25, 0.3) is 0 Å². The predicted octanol–water partition coefficient (Wildman–Crippen LogP) is 2.75. The fourth-order valence-corrected chi connectivity index (χ4v) is 2.15. The van der Waals surface area contributed by atoms with Crippen LogP contribution in [0.4, 0.5) is 0 Å². The second kappa shape index (κ2) is 8.25. The second-order valence-corrected chi connectivity index (χ2v) is 4.96. The Morgan fingerprint density at radius 2 is 2.16 bits per heavy atom. The van der Waals surface area contributed by atoms with Gasteiger partial charge in [-0.1, -0.05) is 30.1 Å². The largest absolute Gasteiger partial charge is 0.491 e. The topological polar surface area (TPSA) is 64.3 Å². The van der Waals surface area contributed by atoms with E-state index >= 15 is 0 Å². The maximum absolute atomic E-state index is 10.7. The van der Waals surface area contributed by atoms with Gasteiger partial charge in [-0.25, -0.2) is 0 Å². The van der Waals surface area contributed by atoms with E-state index < -0.39 is 5.91 Å². The highest BCUT2D eigenvalue weighted by Crippen LogP contribution is 2.32. The molecule has 0 aliphatic heterocycles. The first-order valence-electron chi connectivity index (χ1n) is 6.14. The van der Waals surface area contributed by atoms with E-state index in [1.807, 2.05) is 0 Å². The van der Waals surface area contributed by atoms with Gasteiger partial charge in [0.25, 0.3) is 0 Å². The minimum Gasteiger partial charge on any atom is -0.491 e. The highest BCUT2D eigenvalue weighted by molar-refractivity contribution is 6.35. The van der Waals surface area contributed by atoms with Crippen molar-refractivity contribution in [1.82, 2.24) is 5.32 Å². The van der Waals surface area contributed by atoms with Crippen LogP contribution in [0.2, 0.25) is 10.0 Å². The van der Waals surface area contributed by atoms with Crippen LogP contribution in [0, 0.1) is 0 Å². The monoisotopic (exact) mass is 304 g/mol. The van der Waals surface area contributed by atoms with Crippen molar-refractivity contribution in [2.75, 3.05) is 13.2 Å². The van der Waals surface area contributed by atoms with E-state index in [-0.39, 0.29) is 13.0 Å². The summed E-state index contributed by atoms with van der Waals surface area (Å²) in [6.45, 7) is 3.80. The zero-order valence-electron chi connectivity index (χ0n) is 10.8. The van der Waals surface area contributed by atoms with Crippen LogP contribution in [0.15, 0.2) is 12.1 Å². The van der Waals surface area contributed by atoms with Crippen molar-refractivity contribution >= 4 is 29.1 Å². The Bertz CT molecular complexity index is 439. The van der Waals surface area contributed by atoms with E-state index in [2.05, 4.69) is 12.2 Å². The molecule has 4 nitrogen and oxygen atoms in total. The molecule has 0 aromatic heterocycles. The lowest BCUT2D eigenvalue weighted by Crippen LogP contribution is -2.17. The first kappa shape index (κ1) is 16.1. The van der Waals surface area contributed by atoms with Crippen molar-refractivity contribution in [3.8, 4) is 5.75 Å². The molecule has 19 heavy (non-hydrogen) atoms. The van der Waals surface area contributed by atoms with Crippen LogP contribution in [0.3, 0.4) is 0 Å². The molecule has 0 radical (unpaired) electrons. The van der Waals surface area contributed by atoms with Crippen molar-refractivity contribution in [1.29, 1.82) is 0 Å². The summed E-state index contributed by atoms with van der Waals surface area (Å²) in [5.41, 5.74) is 5.94. The number of benzene rings is 1. The van der Waals surface area contributed by atoms with E-state index in [1.165, 1.54) is 0 Å². The Morgan fingerprint density at radius 3 is 2.79 bits per heavy atom. The number of amides is 1. The number of nitrogens with one attached hydrogen (secondary N) is 1. The summed E-state index contributed by atoms with van der Waals surface area (Å²) >= 11 is 12.1. The molecule has 0 bridgehead atoms. The number of carbonyl (C=O) groups is 1. The van der Waals surface area contributed by atoms with Crippen molar-refractivity contribution in [3.05, 3.63) is 27.7 Å². The second-order valence-electron chi connectivity index (χ2n) is 4.12. The molecule has 6 heteroatoms. The summed E-state index contributed by atoms with van der Waals surface area (Å²) in [4.78, 5) is 10.7. The quantitative estimate of drug-likeness (QED) is 0.726. The van der Waals surface area contributed by atoms with E-state index in [4.69, 9.17) is 33.7 Å². The van der Waals surface area contributed by atoms with Gasteiger partial charge in [-0.15, -0.1) is 0 Å². The van der Waals surface area contributed by atoms with Crippen molar-refractivity contribution < 1.29 is 9.53 Å². The summed E-state index contributed by atoms with van der Waals surface area (Å²) in [7, 11) is 0. The predicted molar refractivity (Wildman–Crippen MR) is 77.8 cm³/mol. The zero-order chi connectivity index (χ0) is 14.3. The van der Waals surface area contributed by atoms with Gasteiger partial charge in [0.05, 0.1) is 18.1 Å². The van der Waals surface area contributed by atoms with Gasteiger partial charge in [0.2, 0.25) is 5.91 Å². The smallest absolute Gasteiger partial charge is 0.220 e. The highest BCUT2D eigenvalue weighted by atomic mass is 35.5. The van der Waals surface area contributed by atoms with Gasteiger partial charge in [-0.05, 0) is 25.1 Å². The molecule has 1 amide bonds. The van der Waals surface area contributed by atoms with Crippen LogP contribution in [-0.2, 0) is 11.3 Å². The Balaban J connectivity index is 2.77. The first-order chi connectivity index (χ1) is 9.04. The van der Waals surface area contributed by atoms with Gasteiger partial charge in [0.15, 0.2) is 0 Å². The minimum absolute atomic E-state index is 0.154. The lowest BCUT2D eigenvalue weighted by Gasteiger charge is -2.14. The van der Waals surface area contributed by atoms with E-state index in [9.17, 15) is 4.79 Å². The third-order valence-electron chi connectivity index (χ3n) is 2.42. The van der Waals surface area contributed by atoms with Gasteiger partial charge in [0.1, 0.15) is 5.75 Å². The van der Waals surface area contributed by atoms with Crippen LogP contribution in [0.1, 0.15) is 25.3 Å². The third kappa shape index (κ3) is 5.68. The molecule has 0 aliphatic rings. The molecule has 106 valence electrons. The van der Waals surface area contributed by atoms with Gasteiger partial charge < -0.3 is 15.8 Å². The van der Waals surface area contributed by atoms with Crippen molar-refractivity contribution in [3.63, 3.8) is 0 Å². The molecular weight excluding hydrogens is 287 g/mol. The molecule has 0 aliphatic carbocycles. The number of hydrogen-bond donors (Lipinski definition) is 2. The molecule has 0 unspecified atom stereocenters. The molecule has 1 aromatic carbocycles. The van der Waals surface area contributed by atoms with E-state index in [1.54, 1.807) is 12.1 Å². The normalized spacial score (nSPS) is 10.5. The molecule has 1 aromatic rings. The number of ether oxygens (including phenoxy) is 1. The van der Waals surface area contributed by atoms with Crippen molar-refractivity contribution in [2.45, 2.75) is 26.3 Å². The molecule has 0 spiro atoms. The average Bonchev–Trinajstić information content (AvgIpc) is 2.32. The van der Waals surface area contributed by atoms with Gasteiger partial charge >= 0.3 is 0 Å². The number of hydrogen-bond acceptors (Lipinski definition) is 3. The Kier molecular flexibility index (Phi) is 6.99. The first-order valence-corrected chi connectivity index (χ1v) is 6.90. The van der Waals surface area contributed by atoms with E-state index in [0.29, 0.717) is 22.3 Å². The molecule has 0 saturated heterocycles. The standard InChI is InChI=1S/C13H18Cl2N2O2/c1-2-4-17-8-9-6-10(14)7-11(15)13(9)19-5-3-12(16)18/h6-7,17H,2-5,8H2,1H3,(H2,16,18). The van der Waals surface area contributed by atoms with Gasteiger partial charge in [-0.3, -0.25) is 4.79 Å². The summed E-state index contributed by atoms with van der Waals surface area (Å²) in [5.74, 6) is 0.145. The molecule has 3 N–H and O–H groups in total. The Hall–Kier alpha value is -0.970. The summed E-state index contributed by atoms with van der Waals surface area (Å²) in [6.07, 6.45) is 1.19. The maximum atomic E-state index is 10.7. The minimum atomic E-state index is -0.407. The Morgan fingerprint density at radius 1 is 1.42 bits per heavy atom.